The molecule has 0 bridgehead atoms. The highest BCUT2D eigenvalue weighted by molar-refractivity contribution is 7.91. The van der Waals surface area contributed by atoms with Crippen LogP contribution in [0.4, 0.5) is 0 Å². The lowest BCUT2D eigenvalue weighted by Gasteiger charge is -2.39. The van der Waals surface area contributed by atoms with E-state index >= 15 is 0 Å². The van der Waals surface area contributed by atoms with Gasteiger partial charge in [-0.1, -0.05) is 20.3 Å². The number of carbonyl (C=O) groups is 2. The molecule has 1 aliphatic heterocycles. The lowest BCUT2D eigenvalue weighted by atomic mass is 10.0. The van der Waals surface area contributed by atoms with Gasteiger partial charge in [-0.3, -0.25) is 9.59 Å². The fraction of sp³-hybridized carbons (Fsp3) is 0.857. The first-order chi connectivity index (χ1) is 9.89. The molecule has 2 fully saturated rings. The maximum Gasteiger partial charge on any atom is 0.245 e. The van der Waals surface area contributed by atoms with E-state index in [9.17, 15) is 18.0 Å². The van der Waals surface area contributed by atoms with Gasteiger partial charge in [-0.15, -0.1) is 0 Å². The zero-order valence-corrected chi connectivity index (χ0v) is 13.5. The van der Waals surface area contributed by atoms with Crippen LogP contribution in [0.25, 0.3) is 0 Å². The molecule has 21 heavy (non-hydrogen) atoms. The SMILES string of the molecule is CCCC1NC(=O)C(C2CC2)N(CCS(=O)(=O)CC)C1=O. The van der Waals surface area contributed by atoms with E-state index < -0.39 is 21.9 Å². The van der Waals surface area contributed by atoms with Gasteiger partial charge in [-0.25, -0.2) is 8.42 Å². The van der Waals surface area contributed by atoms with Crippen LogP contribution in [-0.2, 0) is 19.4 Å². The van der Waals surface area contributed by atoms with Crippen molar-refractivity contribution in [2.24, 2.45) is 5.92 Å². The quantitative estimate of drug-likeness (QED) is 0.733. The number of hydrogen-bond donors (Lipinski definition) is 1. The van der Waals surface area contributed by atoms with E-state index in [-0.39, 0.29) is 35.8 Å². The molecule has 0 aromatic rings. The molecule has 0 aromatic heterocycles. The Hall–Kier alpha value is -1.11. The van der Waals surface area contributed by atoms with Crippen LogP contribution < -0.4 is 5.32 Å². The zero-order chi connectivity index (χ0) is 15.6. The third-order valence-electron chi connectivity index (χ3n) is 4.23. The molecule has 2 atom stereocenters. The molecule has 0 aromatic carbocycles. The first-order valence-electron chi connectivity index (χ1n) is 7.71. The Balaban J connectivity index is 2.14. The Morgan fingerprint density at radius 3 is 2.43 bits per heavy atom. The fourth-order valence-corrected chi connectivity index (χ4v) is 3.56. The molecule has 7 heteroatoms. The van der Waals surface area contributed by atoms with Crippen molar-refractivity contribution in [3.8, 4) is 0 Å². The minimum atomic E-state index is -3.14. The summed E-state index contributed by atoms with van der Waals surface area (Å²) in [5.74, 6) is -0.0527. The van der Waals surface area contributed by atoms with Crippen LogP contribution in [0.2, 0.25) is 0 Å². The van der Waals surface area contributed by atoms with Gasteiger partial charge in [0.25, 0.3) is 0 Å². The maximum absolute atomic E-state index is 12.5. The number of carbonyl (C=O) groups excluding carboxylic acids is 2. The Kier molecular flexibility index (Phi) is 4.91. The van der Waals surface area contributed by atoms with Gasteiger partial charge in [-0.05, 0) is 25.2 Å². The molecule has 0 radical (unpaired) electrons. The highest BCUT2D eigenvalue weighted by Gasteiger charge is 2.47. The Bertz CT molecular complexity index is 513. The van der Waals surface area contributed by atoms with Crippen molar-refractivity contribution in [3.63, 3.8) is 0 Å². The van der Waals surface area contributed by atoms with Gasteiger partial charge in [-0.2, -0.15) is 0 Å². The maximum atomic E-state index is 12.5. The molecule has 1 saturated carbocycles. The molecule has 1 aliphatic carbocycles. The lowest BCUT2D eigenvalue weighted by Crippen LogP contribution is -2.64. The van der Waals surface area contributed by atoms with E-state index in [4.69, 9.17) is 0 Å². The fourth-order valence-electron chi connectivity index (χ4n) is 2.79. The van der Waals surface area contributed by atoms with E-state index in [2.05, 4.69) is 5.32 Å². The van der Waals surface area contributed by atoms with Crippen molar-refractivity contribution in [1.82, 2.24) is 10.2 Å². The molecule has 2 aliphatic rings. The first-order valence-corrected chi connectivity index (χ1v) is 9.53. The van der Waals surface area contributed by atoms with Gasteiger partial charge < -0.3 is 10.2 Å². The number of nitrogens with one attached hydrogen (secondary N) is 1. The van der Waals surface area contributed by atoms with E-state index in [0.29, 0.717) is 6.42 Å². The Morgan fingerprint density at radius 1 is 1.24 bits per heavy atom. The van der Waals surface area contributed by atoms with Gasteiger partial charge in [0.15, 0.2) is 9.84 Å². The monoisotopic (exact) mass is 316 g/mol. The summed E-state index contributed by atoms with van der Waals surface area (Å²) in [6.45, 7) is 3.68. The van der Waals surface area contributed by atoms with Gasteiger partial charge in [0, 0.05) is 12.3 Å². The predicted octanol–water partition coefficient (Wildman–Crippen LogP) is 0.327. The summed E-state index contributed by atoms with van der Waals surface area (Å²) < 4.78 is 23.4. The van der Waals surface area contributed by atoms with Crippen LogP contribution in [-0.4, -0.2) is 55.3 Å². The molecular weight excluding hydrogens is 292 g/mol. The van der Waals surface area contributed by atoms with Gasteiger partial charge in [0.2, 0.25) is 11.8 Å². The van der Waals surface area contributed by atoms with Crippen LogP contribution in [0.3, 0.4) is 0 Å². The van der Waals surface area contributed by atoms with Crippen LogP contribution in [0.15, 0.2) is 0 Å². The summed E-state index contributed by atoms with van der Waals surface area (Å²) in [6.07, 6.45) is 3.26. The highest BCUT2D eigenvalue weighted by Crippen LogP contribution is 2.37. The molecule has 1 N–H and O–H groups in total. The molecule has 6 nitrogen and oxygen atoms in total. The summed E-state index contributed by atoms with van der Waals surface area (Å²) in [4.78, 5) is 26.3. The summed E-state index contributed by atoms with van der Waals surface area (Å²) in [5, 5.41) is 2.80. The van der Waals surface area contributed by atoms with Crippen molar-refractivity contribution >= 4 is 21.7 Å². The van der Waals surface area contributed by atoms with E-state index in [1.807, 2.05) is 6.92 Å². The van der Waals surface area contributed by atoms with Gasteiger partial charge >= 0.3 is 0 Å². The molecular formula is C14H24N2O4S. The van der Waals surface area contributed by atoms with Gasteiger partial charge in [0.05, 0.1) is 5.75 Å². The summed E-state index contributed by atoms with van der Waals surface area (Å²) in [5.41, 5.74) is 0. The normalized spacial score (nSPS) is 26.9. The number of piperazine rings is 1. The summed E-state index contributed by atoms with van der Waals surface area (Å²) >= 11 is 0. The largest absolute Gasteiger partial charge is 0.342 e. The molecule has 1 saturated heterocycles. The summed E-state index contributed by atoms with van der Waals surface area (Å²) in [6, 6.07) is -0.973. The average Bonchev–Trinajstić information content (AvgIpc) is 3.25. The lowest BCUT2D eigenvalue weighted by molar-refractivity contribution is -0.150. The van der Waals surface area contributed by atoms with E-state index in [1.165, 1.54) is 4.90 Å². The zero-order valence-electron chi connectivity index (χ0n) is 12.7. The molecule has 120 valence electrons. The third-order valence-corrected chi connectivity index (χ3v) is 5.92. The molecule has 2 unspecified atom stereocenters. The van der Waals surface area contributed by atoms with Crippen LogP contribution >= 0.6 is 0 Å². The highest BCUT2D eigenvalue weighted by atomic mass is 32.2. The van der Waals surface area contributed by atoms with Crippen molar-refractivity contribution in [2.75, 3.05) is 18.1 Å². The van der Waals surface area contributed by atoms with E-state index in [1.54, 1.807) is 6.92 Å². The number of hydrogen-bond acceptors (Lipinski definition) is 4. The second-order valence-corrected chi connectivity index (χ2v) is 8.37. The van der Waals surface area contributed by atoms with Crippen LogP contribution in [0, 0.1) is 5.92 Å². The van der Waals surface area contributed by atoms with Crippen molar-refractivity contribution in [1.29, 1.82) is 0 Å². The average molecular weight is 316 g/mol. The van der Waals surface area contributed by atoms with E-state index in [0.717, 1.165) is 19.3 Å². The minimum absolute atomic E-state index is 0.0632. The molecule has 0 spiro atoms. The van der Waals surface area contributed by atoms with Gasteiger partial charge in [0.1, 0.15) is 12.1 Å². The number of rotatable bonds is 7. The van der Waals surface area contributed by atoms with Crippen LogP contribution in [0.5, 0.6) is 0 Å². The standard InChI is InChI=1S/C14H24N2O4S/c1-3-5-11-14(18)16(8-9-21(19,20)4-2)12(10-6-7-10)13(17)15-11/h10-12H,3-9H2,1-2H3,(H,15,17). The number of sulfone groups is 1. The molecule has 1 heterocycles. The second kappa shape index (κ2) is 6.34. The predicted molar refractivity (Wildman–Crippen MR) is 79.4 cm³/mol. The Labute approximate surface area is 126 Å². The second-order valence-electron chi connectivity index (χ2n) is 5.90. The van der Waals surface area contributed by atoms with Crippen molar-refractivity contribution in [3.05, 3.63) is 0 Å². The van der Waals surface area contributed by atoms with Crippen molar-refractivity contribution < 1.29 is 18.0 Å². The first kappa shape index (κ1) is 16.3. The smallest absolute Gasteiger partial charge is 0.245 e. The third kappa shape index (κ3) is 3.75. The molecule has 2 rings (SSSR count). The summed E-state index contributed by atoms with van der Waals surface area (Å²) in [7, 11) is -3.14. The number of amides is 2. The molecule has 2 amide bonds. The minimum Gasteiger partial charge on any atom is -0.342 e. The Morgan fingerprint density at radius 2 is 1.90 bits per heavy atom. The van der Waals surface area contributed by atoms with Crippen LogP contribution in [0.1, 0.15) is 39.5 Å². The number of nitrogens with zero attached hydrogens (tertiary/aromatic N) is 1. The van der Waals surface area contributed by atoms with Crippen molar-refractivity contribution in [2.45, 2.75) is 51.6 Å². The topological polar surface area (TPSA) is 83.6 Å².